The van der Waals surface area contributed by atoms with Crippen LogP contribution in [0.5, 0.6) is 0 Å². The molecule has 5 aromatic rings. The topological polar surface area (TPSA) is 94.4 Å². The second-order valence-electron chi connectivity index (χ2n) is 9.83. The number of nitrogens with two attached hydrogens (primary N) is 1. The minimum atomic E-state index is -0.617. The molecular weight excluding hydrogens is 539 g/mol. The summed E-state index contributed by atoms with van der Waals surface area (Å²) in [5, 5.41) is 0.396. The predicted octanol–water partition coefficient (Wildman–Crippen LogP) is 6.15. The number of amides is 1. The van der Waals surface area contributed by atoms with Gasteiger partial charge in [0.05, 0.1) is 16.9 Å². The third-order valence-electron chi connectivity index (χ3n) is 6.67. The number of carbonyl (C=O) groups excluding carboxylic acids is 1. The lowest BCUT2D eigenvalue weighted by Gasteiger charge is -2.35. The zero-order valence-corrected chi connectivity index (χ0v) is 23.4. The van der Waals surface area contributed by atoms with Crippen molar-refractivity contribution in [1.82, 2.24) is 14.5 Å². The minimum Gasteiger partial charge on any atom is -0.448 e. The highest BCUT2D eigenvalue weighted by atomic mass is 35.5. The number of halogens is 2. The fraction of sp³-hybridized carbons (Fsp3) is 0.276. The first-order chi connectivity index (χ1) is 18.7. The van der Waals surface area contributed by atoms with Crippen LogP contribution in [0.15, 0.2) is 63.8 Å². The molecule has 39 heavy (non-hydrogen) atoms. The van der Waals surface area contributed by atoms with Gasteiger partial charge in [0.25, 0.3) is 11.5 Å². The van der Waals surface area contributed by atoms with Gasteiger partial charge in [-0.25, -0.2) is 9.37 Å². The maximum absolute atomic E-state index is 14.2. The zero-order valence-electron chi connectivity index (χ0n) is 21.8. The number of fused-ring (bicyclic) bond motifs is 3. The van der Waals surface area contributed by atoms with Crippen molar-refractivity contribution in [2.75, 3.05) is 13.1 Å². The van der Waals surface area contributed by atoms with Crippen LogP contribution in [0.25, 0.3) is 22.1 Å². The highest BCUT2D eigenvalue weighted by Crippen LogP contribution is 2.33. The van der Waals surface area contributed by atoms with E-state index in [2.05, 4.69) is 0 Å². The Hall–Kier alpha value is -3.53. The van der Waals surface area contributed by atoms with Crippen molar-refractivity contribution in [3.63, 3.8) is 0 Å². The minimum absolute atomic E-state index is 0.0275. The lowest BCUT2D eigenvalue weighted by atomic mass is 9.99. The molecule has 0 aliphatic heterocycles. The maximum atomic E-state index is 14.2. The molecular formula is C29H28ClFN4O3S. The van der Waals surface area contributed by atoms with Crippen molar-refractivity contribution in [3.8, 4) is 0 Å². The second kappa shape index (κ2) is 10.9. The number of benzene rings is 2. The second-order valence-corrected chi connectivity index (χ2v) is 11.6. The number of rotatable bonds is 8. The highest BCUT2D eigenvalue weighted by molar-refractivity contribution is 7.16. The number of hydrogen-bond acceptors (Lipinski definition) is 6. The summed E-state index contributed by atoms with van der Waals surface area (Å²) in [4.78, 5) is 35.3. The number of nitrogens with zero attached hydrogens (tertiary/aromatic N) is 3. The number of thiophene rings is 1. The van der Waals surface area contributed by atoms with Gasteiger partial charge in [-0.05, 0) is 55.3 Å². The molecule has 0 radical (unpaired) electrons. The van der Waals surface area contributed by atoms with Gasteiger partial charge in [-0.2, -0.15) is 0 Å². The van der Waals surface area contributed by atoms with Gasteiger partial charge >= 0.3 is 0 Å². The van der Waals surface area contributed by atoms with E-state index in [0.717, 1.165) is 10.4 Å². The van der Waals surface area contributed by atoms with Gasteiger partial charge in [0, 0.05) is 28.9 Å². The molecule has 1 atom stereocenters. The van der Waals surface area contributed by atoms with Gasteiger partial charge in [0.2, 0.25) is 5.58 Å². The van der Waals surface area contributed by atoms with Crippen LogP contribution in [0, 0.1) is 18.7 Å². The van der Waals surface area contributed by atoms with E-state index in [1.54, 1.807) is 23.1 Å². The fourth-order valence-electron chi connectivity index (χ4n) is 4.85. The van der Waals surface area contributed by atoms with E-state index < -0.39 is 17.4 Å². The summed E-state index contributed by atoms with van der Waals surface area (Å²) in [5.41, 5.74) is 7.76. The standard InChI is InChI=1S/C29H28ClFN4O3S/c1-16(2)25(34(13-12-32)28(36)18-6-4-17(3)5-7-18)27-33-24-21-14-19(31)8-10-22(21)38-26(24)29(37)35(27)15-20-9-11-23(30)39-20/h4-11,14,16,25H,12-13,15,32H2,1-3H3. The van der Waals surface area contributed by atoms with Gasteiger partial charge in [0.15, 0.2) is 0 Å². The Morgan fingerprint density at radius 3 is 2.56 bits per heavy atom. The van der Waals surface area contributed by atoms with E-state index in [1.165, 1.54) is 34.1 Å². The van der Waals surface area contributed by atoms with Crippen LogP contribution < -0.4 is 11.3 Å². The molecule has 10 heteroatoms. The molecule has 0 aliphatic rings. The SMILES string of the molecule is Cc1ccc(C(=O)N(CCN)C(c2nc3c(oc4ccc(F)cc43)c(=O)n2Cc2ccc(Cl)s2)C(C)C)cc1. The Balaban J connectivity index is 1.76. The molecule has 0 fully saturated rings. The molecule has 3 heterocycles. The summed E-state index contributed by atoms with van der Waals surface area (Å²) in [6.45, 7) is 6.52. The predicted molar refractivity (Wildman–Crippen MR) is 153 cm³/mol. The first-order valence-corrected chi connectivity index (χ1v) is 13.8. The van der Waals surface area contributed by atoms with Crippen LogP contribution in [0.2, 0.25) is 4.34 Å². The van der Waals surface area contributed by atoms with E-state index in [4.69, 9.17) is 26.7 Å². The molecule has 0 saturated carbocycles. The molecule has 3 aromatic heterocycles. The van der Waals surface area contributed by atoms with Crippen LogP contribution in [0.4, 0.5) is 4.39 Å². The largest absolute Gasteiger partial charge is 0.448 e. The van der Waals surface area contributed by atoms with E-state index in [-0.39, 0.29) is 42.6 Å². The number of aromatic nitrogens is 2. The van der Waals surface area contributed by atoms with Crippen LogP contribution in [-0.2, 0) is 6.54 Å². The van der Waals surface area contributed by atoms with Crippen molar-refractivity contribution in [1.29, 1.82) is 0 Å². The summed E-state index contributed by atoms with van der Waals surface area (Å²) in [5.74, 6) is -0.468. The van der Waals surface area contributed by atoms with Crippen molar-refractivity contribution >= 4 is 50.9 Å². The first kappa shape index (κ1) is 27.1. The number of furan rings is 1. The molecule has 5 rings (SSSR count). The summed E-state index contributed by atoms with van der Waals surface area (Å²) < 4.78 is 22.2. The molecule has 0 bridgehead atoms. The van der Waals surface area contributed by atoms with E-state index >= 15 is 0 Å². The summed E-state index contributed by atoms with van der Waals surface area (Å²) in [6, 6.07) is 14.4. The van der Waals surface area contributed by atoms with E-state index in [9.17, 15) is 14.0 Å². The molecule has 7 nitrogen and oxygen atoms in total. The Labute approximate surface area is 233 Å². The molecule has 0 aliphatic carbocycles. The summed E-state index contributed by atoms with van der Waals surface area (Å²) in [7, 11) is 0. The Morgan fingerprint density at radius 1 is 1.18 bits per heavy atom. The molecule has 1 unspecified atom stereocenters. The monoisotopic (exact) mass is 566 g/mol. The normalized spacial score (nSPS) is 12.5. The smallest absolute Gasteiger partial charge is 0.297 e. The van der Waals surface area contributed by atoms with Gasteiger partial charge in [-0.3, -0.25) is 14.2 Å². The van der Waals surface area contributed by atoms with E-state index in [1.807, 2.05) is 39.0 Å². The highest BCUT2D eigenvalue weighted by Gasteiger charge is 2.33. The third kappa shape index (κ3) is 5.22. The molecule has 2 N–H and O–H groups in total. The van der Waals surface area contributed by atoms with Crippen molar-refractivity contribution in [2.45, 2.75) is 33.4 Å². The van der Waals surface area contributed by atoms with Crippen LogP contribution in [-0.4, -0.2) is 33.4 Å². The first-order valence-electron chi connectivity index (χ1n) is 12.6. The molecule has 202 valence electrons. The van der Waals surface area contributed by atoms with Crippen LogP contribution >= 0.6 is 22.9 Å². The number of carbonyl (C=O) groups is 1. The molecule has 1 amide bonds. The van der Waals surface area contributed by atoms with Gasteiger partial charge < -0.3 is 15.1 Å². The van der Waals surface area contributed by atoms with E-state index in [0.29, 0.717) is 26.7 Å². The molecule has 0 spiro atoms. The van der Waals surface area contributed by atoms with Gasteiger partial charge in [-0.15, -0.1) is 11.3 Å². The van der Waals surface area contributed by atoms with Crippen molar-refractivity contribution < 1.29 is 13.6 Å². The fourth-order valence-corrected chi connectivity index (χ4v) is 5.93. The lowest BCUT2D eigenvalue weighted by Crippen LogP contribution is -2.43. The van der Waals surface area contributed by atoms with Crippen LogP contribution in [0.1, 0.15) is 46.5 Å². The lowest BCUT2D eigenvalue weighted by molar-refractivity contribution is 0.0612. The number of hydrogen-bond donors (Lipinski definition) is 1. The van der Waals surface area contributed by atoms with Gasteiger partial charge in [0.1, 0.15) is 22.7 Å². The quantitative estimate of drug-likeness (QED) is 0.243. The molecule has 2 aromatic carbocycles. The average molecular weight is 567 g/mol. The summed E-state index contributed by atoms with van der Waals surface area (Å²) >= 11 is 7.54. The maximum Gasteiger partial charge on any atom is 0.297 e. The zero-order chi connectivity index (χ0) is 27.8. The average Bonchev–Trinajstić information content (AvgIpc) is 3.48. The Kier molecular flexibility index (Phi) is 7.57. The van der Waals surface area contributed by atoms with Crippen molar-refractivity contribution in [3.05, 3.63) is 96.9 Å². The number of aryl methyl sites for hydroxylation is 1. The van der Waals surface area contributed by atoms with Crippen molar-refractivity contribution in [2.24, 2.45) is 11.7 Å². The Bertz CT molecular complexity index is 1720. The third-order valence-corrected chi connectivity index (χ3v) is 7.89. The summed E-state index contributed by atoms with van der Waals surface area (Å²) in [6.07, 6.45) is 0. The van der Waals surface area contributed by atoms with Crippen LogP contribution in [0.3, 0.4) is 0 Å². The van der Waals surface area contributed by atoms with Gasteiger partial charge in [-0.1, -0.05) is 43.1 Å². The molecule has 0 saturated heterocycles. The Morgan fingerprint density at radius 2 is 1.92 bits per heavy atom.